The topological polar surface area (TPSA) is 55.8 Å². The van der Waals surface area contributed by atoms with E-state index in [1.165, 1.54) is 14.2 Å². The van der Waals surface area contributed by atoms with Crippen molar-refractivity contribution in [1.82, 2.24) is 4.90 Å². The van der Waals surface area contributed by atoms with Gasteiger partial charge in [-0.15, -0.1) is 0 Å². The van der Waals surface area contributed by atoms with Crippen molar-refractivity contribution in [1.29, 1.82) is 0 Å². The van der Waals surface area contributed by atoms with Gasteiger partial charge in [0.05, 0.1) is 31.3 Å². The van der Waals surface area contributed by atoms with Crippen LogP contribution in [0.1, 0.15) is 25.3 Å². The van der Waals surface area contributed by atoms with Crippen molar-refractivity contribution < 1.29 is 19.1 Å². The number of benzene rings is 2. The second-order valence-electron chi connectivity index (χ2n) is 6.96. The van der Waals surface area contributed by atoms with Crippen molar-refractivity contribution in [3.63, 3.8) is 0 Å². The van der Waals surface area contributed by atoms with Gasteiger partial charge in [0.1, 0.15) is 0 Å². The van der Waals surface area contributed by atoms with E-state index in [1.807, 2.05) is 80.4 Å². The van der Waals surface area contributed by atoms with Crippen molar-refractivity contribution in [3.8, 4) is 11.1 Å². The van der Waals surface area contributed by atoms with Gasteiger partial charge < -0.3 is 14.4 Å². The summed E-state index contributed by atoms with van der Waals surface area (Å²) in [5, 5.41) is 0. The average molecular weight is 391 g/mol. The highest BCUT2D eigenvalue weighted by Gasteiger charge is 2.39. The number of carbonyl (C=O) groups excluding carboxylic acids is 2. The summed E-state index contributed by atoms with van der Waals surface area (Å²) < 4.78 is 10.1. The monoisotopic (exact) mass is 391 g/mol. The minimum atomic E-state index is -0.559. The standard InChI is InChI=1S/C24H25NO4/c1-15-20(23(26)28-4)22(21(24(27)29-5)16(2)25(15)3)19-13-11-18(12-14-19)17-9-7-6-8-10-17/h6-14,22H,1-5H3. The average Bonchev–Trinajstić information content (AvgIpc) is 2.77. The van der Waals surface area contributed by atoms with Crippen molar-refractivity contribution >= 4 is 11.9 Å². The molecule has 0 radical (unpaired) electrons. The van der Waals surface area contributed by atoms with E-state index in [2.05, 4.69) is 0 Å². The van der Waals surface area contributed by atoms with E-state index in [0.717, 1.165) is 28.1 Å². The summed E-state index contributed by atoms with van der Waals surface area (Å²) >= 11 is 0. The Hall–Kier alpha value is -3.34. The molecule has 2 aromatic rings. The normalized spacial score (nSPS) is 14.9. The van der Waals surface area contributed by atoms with Gasteiger partial charge in [-0.25, -0.2) is 9.59 Å². The van der Waals surface area contributed by atoms with Crippen LogP contribution < -0.4 is 0 Å². The van der Waals surface area contributed by atoms with Crippen LogP contribution in [-0.4, -0.2) is 38.1 Å². The molecule has 29 heavy (non-hydrogen) atoms. The van der Waals surface area contributed by atoms with E-state index in [0.29, 0.717) is 11.1 Å². The molecule has 0 atom stereocenters. The van der Waals surface area contributed by atoms with E-state index in [4.69, 9.17) is 9.47 Å². The predicted molar refractivity (Wildman–Crippen MR) is 112 cm³/mol. The molecule has 5 nitrogen and oxygen atoms in total. The number of nitrogens with zero attached hydrogens (tertiary/aromatic N) is 1. The zero-order valence-electron chi connectivity index (χ0n) is 17.4. The van der Waals surface area contributed by atoms with E-state index >= 15 is 0 Å². The molecule has 0 amide bonds. The molecule has 1 heterocycles. The third-order valence-corrected chi connectivity index (χ3v) is 5.52. The molecule has 0 saturated heterocycles. The molecule has 0 fully saturated rings. The van der Waals surface area contributed by atoms with Gasteiger partial charge in [-0.3, -0.25) is 0 Å². The van der Waals surface area contributed by atoms with Gasteiger partial charge in [-0.2, -0.15) is 0 Å². The van der Waals surface area contributed by atoms with Gasteiger partial charge in [0.15, 0.2) is 0 Å². The van der Waals surface area contributed by atoms with Crippen molar-refractivity contribution in [3.05, 3.63) is 82.7 Å². The number of hydrogen-bond acceptors (Lipinski definition) is 5. The molecule has 0 unspecified atom stereocenters. The van der Waals surface area contributed by atoms with Gasteiger partial charge >= 0.3 is 11.9 Å². The first-order chi connectivity index (χ1) is 13.9. The zero-order chi connectivity index (χ0) is 21.1. The van der Waals surface area contributed by atoms with Crippen LogP contribution in [-0.2, 0) is 19.1 Å². The lowest BCUT2D eigenvalue weighted by Crippen LogP contribution is -2.33. The van der Waals surface area contributed by atoms with Crippen molar-refractivity contribution in [2.45, 2.75) is 19.8 Å². The fourth-order valence-electron chi connectivity index (χ4n) is 3.76. The third kappa shape index (κ3) is 3.68. The lowest BCUT2D eigenvalue weighted by atomic mass is 9.79. The van der Waals surface area contributed by atoms with Crippen LogP contribution >= 0.6 is 0 Å². The van der Waals surface area contributed by atoms with Gasteiger partial charge in [0.2, 0.25) is 0 Å². The SMILES string of the molecule is COC(=O)C1=C(C)N(C)C(C)=C(C(=O)OC)C1c1ccc(-c2ccccc2)cc1. The molecule has 1 aliphatic rings. The Bertz CT molecular complexity index is 947. The molecule has 0 spiro atoms. The Morgan fingerprint density at radius 1 is 0.759 bits per heavy atom. The summed E-state index contributed by atoms with van der Waals surface area (Å²) in [6.07, 6.45) is 0. The molecule has 0 bridgehead atoms. The molecule has 0 aromatic heterocycles. The van der Waals surface area contributed by atoms with Gasteiger partial charge in [0.25, 0.3) is 0 Å². The first kappa shape index (κ1) is 20.4. The molecule has 0 N–H and O–H groups in total. The maximum Gasteiger partial charge on any atom is 0.336 e. The van der Waals surface area contributed by atoms with Crippen LogP contribution in [0.15, 0.2) is 77.1 Å². The Kier molecular flexibility index (Phi) is 5.87. The van der Waals surface area contributed by atoms with Crippen LogP contribution in [0.25, 0.3) is 11.1 Å². The Labute approximate surface area is 171 Å². The largest absolute Gasteiger partial charge is 0.466 e. The fraction of sp³-hybridized carbons (Fsp3) is 0.250. The second kappa shape index (κ2) is 8.35. The maximum atomic E-state index is 12.7. The molecule has 5 heteroatoms. The molecule has 3 rings (SSSR count). The van der Waals surface area contributed by atoms with E-state index in [1.54, 1.807) is 0 Å². The lowest BCUT2D eigenvalue weighted by molar-refractivity contribution is -0.137. The summed E-state index contributed by atoms with van der Waals surface area (Å²) in [5.74, 6) is -1.48. The molecule has 2 aromatic carbocycles. The Morgan fingerprint density at radius 2 is 1.21 bits per heavy atom. The second-order valence-corrected chi connectivity index (χ2v) is 6.96. The highest BCUT2D eigenvalue weighted by molar-refractivity contribution is 5.99. The number of allylic oxidation sites excluding steroid dienone is 2. The number of carbonyl (C=O) groups is 2. The van der Waals surface area contributed by atoms with Crippen LogP contribution in [0.3, 0.4) is 0 Å². The zero-order valence-corrected chi connectivity index (χ0v) is 17.4. The quantitative estimate of drug-likeness (QED) is 0.729. The summed E-state index contributed by atoms with van der Waals surface area (Å²) in [5.41, 5.74) is 5.36. The molecular weight excluding hydrogens is 366 g/mol. The maximum absolute atomic E-state index is 12.7. The lowest BCUT2D eigenvalue weighted by Gasteiger charge is -2.35. The molecule has 150 valence electrons. The van der Waals surface area contributed by atoms with Gasteiger partial charge in [-0.1, -0.05) is 54.6 Å². The number of ether oxygens (including phenoxy) is 2. The summed E-state index contributed by atoms with van der Waals surface area (Å²) in [6, 6.07) is 17.9. The van der Waals surface area contributed by atoms with Gasteiger partial charge in [0, 0.05) is 18.4 Å². The Morgan fingerprint density at radius 3 is 1.66 bits per heavy atom. The fourth-order valence-corrected chi connectivity index (χ4v) is 3.76. The highest BCUT2D eigenvalue weighted by atomic mass is 16.5. The number of methoxy groups -OCH3 is 2. The Balaban J connectivity index is 2.15. The van der Waals surface area contributed by atoms with E-state index in [9.17, 15) is 9.59 Å². The number of rotatable bonds is 4. The third-order valence-electron chi connectivity index (χ3n) is 5.52. The molecule has 0 saturated carbocycles. The van der Waals surface area contributed by atoms with Crippen LogP contribution in [0.4, 0.5) is 0 Å². The molecule has 0 aliphatic carbocycles. The van der Waals surface area contributed by atoms with Crippen LogP contribution in [0.5, 0.6) is 0 Å². The van der Waals surface area contributed by atoms with Crippen molar-refractivity contribution in [2.75, 3.05) is 21.3 Å². The summed E-state index contributed by atoms with van der Waals surface area (Å²) in [7, 11) is 4.52. The molecule has 1 aliphatic heterocycles. The molecular formula is C24H25NO4. The smallest absolute Gasteiger partial charge is 0.336 e. The first-order valence-corrected chi connectivity index (χ1v) is 9.38. The van der Waals surface area contributed by atoms with E-state index in [-0.39, 0.29) is 0 Å². The minimum absolute atomic E-state index is 0.438. The van der Waals surface area contributed by atoms with Crippen LogP contribution in [0, 0.1) is 0 Å². The number of hydrogen-bond donors (Lipinski definition) is 0. The number of esters is 2. The van der Waals surface area contributed by atoms with Crippen LogP contribution in [0.2, 0.25) is 0 Å². The van der Waals surface area contributed by atoms with Gasteiger partial charge in [-0.05, 0) is 30.5 Å². The van der Waals surface area contributed by atoms with E-state index < -0.39 is 17.9 Å². The predicted octanol–water partition coefficient (Wildman–Crippen LogP) is 4.28. The first-order valence-electron chi connectivity index (χ1n) is 9.38. The minimum Gasteiger partial charge on any atom is -0.466 e. The summed E-state index contributed by atoms with van der Waals surface area (Å²) in [4.78, 5) is 27.2. The van der Waals surface area contributed by atoms with Crippen molar-refractivity contribution in [2.24, 2.45) is 0 Å². The summed E-state index contributed by atoms with van der Waals surface area (Å²) in [6.45, 7) is 3.71. The highest BCUT2D eigenvalue weighted by Crippen LogP contribution is 2.42.